The van der Waals surface area contributed by atoms with Crippen molar-refractivity contribution < 1.29 is 4.79 Å². The Morgan fingerprint density at radius 3 is 2.78 bits per heavy atom. The monoisotopic (exact) mass is 278 g/mol. The van der Waals surface area contributed by atoms with Gasteiger partial charge in [-0.2, -0.15) is 0 Å². The van der Waals surface area contributed by atoms with Crippen molar-refractivity contribution in [3.8, 4) is 0 Å². The maximum absolute atomic E-state index is 12.1. The van der Waals surface area contributed by atoms with Crippen LogP contribution in [0.3, 0.4) is 0 Å². The van der Waals surface area contributed by atoms with E-state index in [9.17, 15) is 4.79 Å². The third-order valence-electron chi connectivity index (χ3n) is 2.45. The molecule has 0 aliphatic heterocycles. The van der Waals surface area contributed by atoms with Crippen molar-refractivity contribution in [1.82, 2.24) is 9.97 Å². The lowest BCUT2D eigenvalue weighted by atomic mass is 10.2. The molecule has 0 radical (unpaired) electrons. The van der Waals surface area contributed by atoms with Crippen LogP contribution in [0.25, 0.3) is 0 Å². The molecule has 0 saturated carbocycles. The number of carbonyl (C=O) groups is 1. The fourth-order valence-electron chi connectivity index (χ4n) is 1.61. The maximum atomic E-state index is 12.1. The molecule has 0 aliphatic carbocycles. The second-order valence-electron chi connectivity index (χ2n) is 4.02. The fraction of sp³-hybridized carbons (Fsp3) is 0.308. The molecule has 0 saturated heterocycles. The fourth-order valence-corrected chi connectivity index (χ4v) is 3.31. The average Bonchev–Trinajstić information content (AvgIpc) is 2.66. The van der Waals surface area contributed by atoms with Crippen LogP contribution in [0.1, 0.15) is 25.8 Å². The number of hydrogen-bond acceptors (Lipinski definition) is 5. The van der Waals surface area contributed by atoms with Crippen molar-refractivity contribution in [1.29, 1.82) is 0 Å². The third kappa shape index (κ3) is 3.17. The minimum Gasteiger partial charge on any atom is -0.293 e. The summed E-state index contributed by atoms with van der Waals surface area (Å²) in [6.45, 7) is 5.92. The largest absolute Gasteiger partial charge is 0.293 e. The molecule has 3 nitrogen and oxygen atoms in total. The van der Waals surface area contributed by atoms with Gasteiger partial charge in [0.25, 0.3) is 0 Å². The van der Waals surface area contributed by atoms with E-state index in [0.29, 0.717) is 10.9 Å². The molecule has 2 heterocycles. The van der Waals surface area contributed by atoms with E-state index >= 15 is 0 Å². The molecule has 0 aliphatic rings. The lowest BCUT2D eigenvalue weighted by Crippen LogP contribution is -2.03. The summed E-state index contributed by atoms with van der Waals surface area (Å²) in [5.41, 5.74) is 1.75. The zero-order valence-corrected chi connectivity index (χ0v) is 12.2. The zero-order valence-electron chi connectivity index (χ0n) is 10.6. The first-order valence-electron chi connectivity index (χ1n) is 5.59. The Labute approximate surface area is 115 Å². The molecule has 18 heavy (non-hydrogen) atoms. The predicted molar refractivity (Wildman–Crippen MR) is 75.6 cm³/mol. The van der Waals surface area contributed by atoms with Crippen molar-refractivity contribution in [3.05, 3.63) is 39.3 Å². The van der Waals surface area contributed by atoms with E-state index in [1.165, 1.54) is 16.6 Å². The molecule has 0 atom stereocenters. The molecule has 0 bridgehead atoms. The number of thioether (sulfide) groups is 1. The maximum Gasteiger partial charge on any atom is 0.188 e. The summed E-state index contributed by atoms with van der Waals surface area (Å²) in [5.74, 6) is 0.535. The summed E-state index contributed by atoms with van der Waals surface area (Å²) in [6, 6.07) is 3.80. The van der Waals surface area contributed by atoms with Crippen molar-refractivity contribution >= 4 is 28.9 Å². The molecule has 2 rings (SSSR count). The number of ketones is 1. The van der Waals surface area contributed by atoms with Crippen molar-refractivity contribution in [3.63, 3.8) is 0 Å². The molecular formula is C13H14N2OS2. The highest BCUT2D eigenvalue weighted by molar-refractivity contribution is 7.99. The zero-order chi connectivity index (χ0) is 13.1. The van der Waals surface area contributed by atoms with Crippen LogP contribution in [0, 0.1) is 20.8 Å². The molecule has 0 spiro atoms. The van der Waals surface area contributed by atoms with Crippen molar-refractivity contribution in [2.24, 2.45) is 0 Å². The van der Waals surface area contributed by atoms with Gasteiger partial charge in [0.2, 0.25) is 0 Å². The van der Waals surface area contributed by atoms with E-state index in [-0.39, 0.29) is 5.78 Å². The minimum absolute atomic E-state index is 0.145. The Balaban J connectivity index is 2.03. The lowest BCUT2D eigenvalue weighted by Gasteiger charge is -2.00. The Bertz CT molecular complexity index is 578. The van der Waals surface area contributed by atoms with Crippen LogP contribution in [0.4, 0.5) is 0 Å². The third-order valence-corrected chi connectivity index (χ3v) is 4.27. The van der Waals surface area contributed by atoms with E-state index in [0.717, 1.165) is 16.1 Å². The van der Waals surface area contributed by atoms with Crippen molar-refractivity contribution in [2.75, 3.05) is 5.75 Å². The smallest absolute Gasteiger partial charge is 0.188 e. The van der Waals surface area contributed by atoms with Gasteiger partial charge < -0.3 is 0 Å². The number of nitrogens with zero attached hydrogens (tertiary/aromatic N) is 2. The second kappa shape index (κ2) is 5.63. The number of rotatable bonds is 4. The summed E-state index contributed by atoms with van der Waals surface area (Å²) in [7, 11) is 0. The SMILES string of the molecule is Cc1ccnc(SCC(=O)c2cc(C)sc2C)n1. The van der Waals surface area contributed by atoms with Gasteiger partial charge in [-0.15, -0.1) is 11.3 Å². The lowest BCUT2D eigenvalue weighted by molar-refractivity contribution is 0.102. The summed E-state index contributed by atoms with van der Waals surface area (Å²) in [5, 5.41) is 0.660. The van der Waals surface area contributed by atoms with E-state index in [1.54, 1.807) is 17.5 Å². The molecular weight excluding hydrogens is 264 g/mol. The van der Waals surface area contributed by atoms with Gasteiger partial charge in [0, 0.05) is 27.2 Å². The molecule has 0 amide bonds. The van der Waals surface area contributed by atoms with Crippen LogP contribution in [0.15, 0.2) is 23.5 Å². The molecule has 2 aromatic rings. The van der Waals surface area contributed by atoms with Crippen LogP contribution in [-0.2, 0) is 0 Å². The van der Waals surface area contributed by atoms with Gasteiger partial charge in [0.1, 0.15) is 0 Å². The number of aryl methyl sites for hydroxylation is 3. The first kappa shape index (κ1) is 13.2. The average molecular weight is 278 g/mol. The highest BCUT2D eigenvalue weighted by Crippen LogP contribution is 2.23. The summed E-state index contributed by atoms with van der Waals surface area (Å²) in [6.07, 6.45) is 1.72. The summed E-state index contributed by atoms with van der Waals surface area (Å²) < 4.78 is 0. The van der Waals surface area contributed by atoms with E-state index in [2.05, 4.69) is 9.97 Å². The Kier molecular flexibility index (Phi) is 4.14. The van der Waals surface area contributed by atoms with Crippen LogP contribution in [0.5, 0.6) is 0 Å². The van der Waals surface area contributed by atoms with Gasteiger partial charge in [0.15, 0.2) is 10.9 Å². The van der Waals surface area contributed by atoms with E-state index in [4.69, 9.17) is 0 Å². The molecule has 0 N–H and O–H groups in total. The normalized spacial score (nSPS) is 10.6. The minimum atomic E-state index is 0.145. The van der Waals surface area contributed by atoms with Gasteiger partial charge in [-0.05, 0) is 32.9 Å². The quantitative estimate of drug-likeness (QED) is 0.488. The number of carbonyl (C=O) groups excluding carboxylic acids is 1. The van der Waals surface area contributed by atoms with Gasteiger partial charge in [-0.3, -0.25) is 4.79 Å². The van der Waals surface area contributed by atoms with Gasteiger partial charge in [-0.1, -0.05) is 11.8 Å². The van der Waals surface area contributed by atoms with Crippen LogP contribution < -0.4 is 0 Å². The number of thiophene rings is 1. The first-order valence-corrected chi connectivity index (χ1v) is 7.39. The van der Waals surface area contributed by atoms with Crippen LogP contribution in [-0.4, -0.2) is 21.5 Å². The van der Waals surface area contributed by atoms with Crippen molar-refractivity contribution in [2.45, 2.75) is 25.9 Å². The Hall–Kier alpha value is -1.20. The van der Waals surface area contributed by atoms with Gasteiger partial charge in [0.05, 0.1) is 5.75 Å². The van der Waals surface area contributed by atoms with Gasteiger partial charge >= 0.3 is 0 Å². The first-order chi connectivity index (χ1) is 8.56. The summed E-state index contributed by atoms with van der Waals surface area (Å²) in [4.78, 5) is 22.7. The van der Waals surface area contributed by atoms with E-state index in [1.807, 2.05) is 32.9 Å². The molecule has 2 aromatic heterocycles. The molecule has 0 aromatic carbocycles. The molecule has 0 unspecified atom stereocenters. The Morgan fingerprint density at radius 2 is 2.17 bits per heavy atom. The number of Topliss-reactive ketones (excluding diaryl/α,β-unsaturated/α-hetero) is 1. The van der Waals surface area contributed by atoms with Crippen LogP contribution in [0.2, 0.25) is 0 Å². The molecule has 94 valence electrons. The summed E-state index contributed by atoms with van der Waals surface area (Å²) >= 11 is 3.05. The highest BCUT2D eigenvalue weighted by Gasteiger charge is 2.12. The molecule has 5 heteroatoms. The highest BCUT2D eigenvalue weighted by atomic mass is 32.2. The standard InChI is InChI=1S/C13H14N2OS2/c1-8-4-5-14-13(15-8)17-7-12(16)11-6-9(2)18-10(11)3/h4-6H,7H2,1-3H3. The van der Waals surface area contributed by atoms with Gasteiger partial charge in [-0.25, -0.2) is 9.97 Å². The Morgan fingerprint density at radius 1 is 1.39 bits per heavy atom. The topological polar surface area (TPSA) is 42.9 Å². The predicted octanol–water partition coefficient (Wildman–Crippen LogP) is 3.44. The second-order valence-corrected chi connectivity index (χ2v) is 6.42. The van der Waals surface area contributed by atoms with E-state index < -0.39 is 0 Å². The van der Waals surface area contributed by atoms with Crippen LogP contribution >= 0.6 is 23.1 Å². The number of hydrogen-bond donors (Lipinski definition) is 0. The number of aromatic nitrogens is 2. The molecule has 0 fully saturated rings.